The molecule has 0 bridgehead atoms. The molecule has 114 valence electrons. The summed E-state index contributed by atoms with van der Waals surface area (Å²) in [6, 6.07) is 10.1. The molecule has 0 spiro atoms. The van der Waals surface area contributed by atoms with Crippen LogP contribution in [-0.2, 0) is 6.54 Å². The number of benzene rings is 2. The van der Waals surface area contributed by atoms with Crippen LogP contribution < -0.4 is 5.73 Å². The maximum absolute atomic E-state index is 14.2. The largest absolute Gasteiger partial charge is 0.326 e. The highest BCUT2D eigenvalue weighted by molar-refractivity contribution is 7.23. The third kappa shape index (κ3) is 2.21. The fraction of sp³-hybridized carbons (Fsp3) is 0.0625. The van der Waals surface area contributed by atoms with Gasteiger partial charge in [-0.2, -0.15) is 4.98 Å². The Balaban J connectivity index is 1.88. The van der Waals surface area contributed by atoms with Gasteiger partial charge in [-0.25, -0.2) is 8.91 Å². The molecule has 4 aromatic rings. The van der Waals surface area contributed by atoms with Gasteiger partial charge in [-0.15, -0.1) is 5.10 Å². The minimum atomic E-state index is -0.390. The van der Waals surface area contributed by atoms with Gasteiger partial charge in [0.1, 0.15) is 12.1 Å². The van der Waals surface area contributed by atoms with Crippen molar-refractivity contribution in [3.05, 3.63) is 53.3 Å². The van der Waals surface area contributed by atoms with Crippen molar-refractivity contribution in [2.75, 3.05) is 0 Å². The van der Waals surface area contributed by atoms with Crippen molar-refractivity contribution < 1.29 is 9.18 Å². The molecule has 2 heterocycles. The predicted octanol–water partition coefficient (Wildman–Crippen LogP) is 3.02. The summed E-state index contributed by atoms with van der Waals surface area (Å²) in [5.74, 6) is -0.0579. The Morgan fingerprint density at radius 1 is 1.26 bits per heavy atom. The predicted molar refractivity (Wildman–Crippen MR) is 87.0 cm³/mol. The van der Waals surface area contributed by atoms with Crippen molar-refractivity contribution in [1.82, 2.24) is 14.6 Å². The Morgan fingerprint density at radius 2 is 2.13 bits per heavy atom. The number of hydrogen-bond acceptors (Lipinski definition) is 5. The van der Waals surface area contributed by atoms with Crippen molar-refractivity contribution in [2.45, 2.75) is 6.54 Å². The fourth-order valence-electron chi connectivity index (χ4n) is 2.46. The third-order valence-corrected chi connectivity index (χ3v) is 4.63. The molecular formula is C16H11FN4OS. The molecule has 23 heavy (non-hydrogen) atoms. The summed E-state index contributed by atoms with van der Waals surface area (Å²) in [4.78, 5) is 15.9. The molecule has 0 radical (unpaired) electrons. The van der Waals surface area contributed by atoms with Crippen molar-refractivity contribution in [2.24, 2.45) is 5.73 Å². The minimum Gasteiger partial charge on any atom is -0.326 e. The summed E-state index contributed by atoms with van der Waals surface area (Å²) in [6.07, 6.45) is 0.801. The first-order valence-corrected chi connectivity index (χ1v) is 7.74. The molecule has 0 atom stereocenters. The van der Waals surface area contributed by atoms with Crippen LogP contribution in [0.15, 0.2) is 36.4 Å². The van der Waals surface area contributed by atoms with Gasteiger partial charge in [0.15, 0.2) is 5.82 Å². The van der Waals surface area contributed by atoms with Crippen molar-refractivity contribution in [1.29, 1.82) is 0 Å². The first kappa shape index (κ1) is 14.0. The topological polar surface area (TPSA) is 73.3 Å². The van der Waals surface area contributed by atoms with E-state index in [1.165, 1.54) is 17.4 Å². The molecule has 7 heteroatoms. The van der Waals surface area contributed by atoms with Crippen LogP contribution >= 0.6 is 11.3 Å². The van der Waals surface area contributed by atoms with Crippen LogP contribution in [0.3, 0.4) is 0 Å². The summed E-state index contributed by atoms with van der Waals surface area (Å²) < 4.78 is 16.8. The van der Waals surface area contributed by atoms with E-state index >= 15 is 0 Å². The highest BCUT2D eigenvalue weighted by Crippen LogP contribution is 2.29. The lowest BCUT2D eigenvalue weighted by Gasteiger charge is -2.01. The quantitative estimate of drug-likeness (QED) is 0.587. The maximum atomic E-state index is 14.2. The second-order valence-corrected chi connectivity index (χ2v) is 6.10. The number of halogens is 1. The number of hydrogen-bond donors (Lipinski definition) is 1. The Morgan fingerprint density at radius 3 is 2.87 bits per heavy atom. The Bertz CT molecular complexity index is 1050. The van der Waals surface area contributed by atoms with E-state index < -0.39 is 5.82 Å². The molecule has 4 rings (SSSR count). The van der Waals surface area contributed by atoms with Crippen LogP contribution in [0.25, 0.3) is 26.6 Å². The molecule has 2 aromatic carbocycles. The molecular weight excluding hydrogens is 315 g/mol. The third-order valence-electron chi connectivity index (χ3n) is 3.64. The van der Waals surface area contributed by atoms with E-state index in [2.05, 4.69) is 10.1 Å². The molecule has 2 aromatic heterocycles. The van der Waals surface area contributed by atoms with Crippen LogP contribution in [0.4, 0.5) is 4.39 Å². The number of carbonyl (C=O) groups excluding carboxylic acids is 1. The Kier molecular flexibility index (Phi) is 3.17. The lowest BCUT2D eigenvalue weighted by atomic mass is 10.1. The van der Waals surface area contributed by atoms with E-state index in [0.29, 0.717) is 21.9 Å². The van der Waals surface area contributed by atoms with Crippen LogP contribution in [0.5, 0.6) is 0 Å². The van der Waals surface area contributed by atoms with Crippen LogP contribution in [0.2, 0.25) is 0 Å². The second kappa shape index (κ2) is 5.22. The zero-order chi connectivity index (χ0) is 16.0. The standard InChI is InChI=1S/C16H11FN4OS/c17-12-5-9(7-18)1-3-11(12)15-19-16-21(20-15)13-4-2-10(8-22)6-14(13)23-16/h1-6,8H,7,18H2. The average Bonchev–Trinajstić information content (AvgIpc) is 3.11. The lowest BCUT2D eigenvalue weighted by molar-refractivity contribution is 0.112. The van der Waals surface area contributed by atoms with Gasteiger partial charge in [-0.1, -0.05) is 17.4 Å². The number of nitrogens with zero attached hydrogens (tertiary/aromatic N) is 3. The molecule has 0 fully saturated rings. The number of nitrogens with two attached hydrogens (primary N) is 1. The van der Waals surface area contributed by atoms with E-state index in [9.17, 15) is 9.18 Å². The monoisotopic (exact) mass is 326 g/mol. The van der Waals surface area contributed by atoms with Crippen LogP contribution in [0, 0.1) is 5.82 Å². The van der Waals surface area contributed by atoms with Crippen molar-refractivity contribution in [3.8, 4) is 11.4 Å². The minimum absolute atomic E-state index is 0.284. The van der Waals surface area contributed by atoms with Crippen molar-refractivity contribution in [3.63, 3.8) is 0 Å². The summed E-state index contributed by atoms with van der Waals surface area (Å²) in [6.45, 7) is 0.284. The smallest absolute Gasteiger partial charge is 0.213 e. The van der Waals surface area contributed by atoms with Gasteiger partial charge in [-0.3, -0.25) is 4.79 Å². The molecule has 0 aliphatic heterocycles. The van der Waals surface area contributed by atoms with Crippen molar-refractivity contribution >= 4 is 32.8 Å². The van der Waals surface area contributed by atoms with E-state index in [-0.39, 0.29) is 6.54 Å². The Hall–Kier alpha value is -2.64. The molecule has 0 saturated carbocycles. The summed E-state index contributed by atoms with van der Waals surface area (Å²) in [7, 11) is 0. The number of aromatic nitrogens is 3. The van der Waals surface area contributed by atoms with Gasteiger partial charge in [-0.05, 0) is 35.9 Å². The fourth-order valence-corrected chi connectivity index (χ4v) is 3.47. The highest BCUT2D eigenvalue weighted by atomic mass is 32.1. The van der Waals surface area contributed by atoms with Gasteiger partial charge < -0.3 is 5.73 Å². The zero-order valence-electron chi connectivity index (χ0n) is 11.9. The van der Waals surface area contributed by atoms with Gasteiger partial charge in [0.2, 0.25) is 4.96 Å². The van der Waals surface area contributed by atoms with Gasteiger partial charge in [0.25, 0.3) is 0 Å². The number of thiazole rings is 1. The molecule has 0 unspecified atom stereocenters. The number of carbonyl (C=O) groups is 1. The maximum Gasteiger partial charge on any atom is 0.213 e. The van der Waals surface area contributed by atoms with Gasteiger partial charge in [0, 0.05) is 12.1 Å². The van der Waals surface area contributed by atoms with Crippen LogP contribution in [0.1, 0.15) is 15.9 Å². The summed E-state index contributed by atoms with van der Waals surface area (Å²) >= 11 is 1.41. The van der Waals surface area contributed by atoms with Gasteiger partial charge >= 0.3 is 0 Å². The van der Waals surface area contributed by atoms with E-state index in [1.807, 2.05) is 6.07 Å². The van der Waals surface area contributed by atoms with Gasteiger partial charge in [0.05, 0.1) is 15.8 Å². The molecule has 0 aliphatic carbocycles. The first-order valence-electron chi connectivity index (χ1n) is 6.93. The molecule has 0 aliphatic rings. The normalized spacial score (nSPS) is 11.4. The molecule has 5 nitrogen and oxygen atoms in total. The van der Waals surface area contributed by atoms with E-state index in [4.69, 9.17) is 5.73 Å². The molecule has 0 amide bonds. The summed E-state index contributed by atoms with van der Waals surface area (Å²) in [5, 5.41) is 4.40. The lowest BCUT2D eigenvalue weighted by Crippen LogP contribution is -1.98. The first-order chi connectivity index (χ1) is 11.2. The summed E-state index contributed by atoms with van der Waals surface area (Å²) in [5.41, 5.74) is 8.02. The van der Waals surface area contributed by atoms with E-state index in [0.717, 1.165) is 22.1 Å². The van der Waals surface area contributed by atoms with Crippen LogP contribution in [-0.4, -0.2) is 20.9 Å². The highest BCUT2D eigenvalue weighted by Gasteiger charge is 2.15. The number of fused-ring (bicyclic) bond motifs is 3. The molecule has 2 N–H and O–H groups in total. The number of aldehydes is 1. The molecule has 0 saturated heterocycles. The average molecular weight is 326 g/mol. The Labute approximate surface area is 134 Å². The number of rotatable bonds is 3. The second-order valence-electron chi connectivity index (χ2n) is 5.10. The van der Waals surface area contributed by atoms with E-state index in [1.54, 1.807) is 28.8 Å². The zero-order valence-corrected chi connectivity index (χ0v) is 12.7. The SMILES string of the molecule is NCc1ccc(-c2nc3sc4cc(C=O)ccc4n3n2)c(F)c1.